The van der Waals surface area contributed by atoms with E-state index >= 15 is 0 Å². The van der Waals surface area contributed by atoms with Gasteiger partial charge in [0.25, 0.3) is 5.56 Å². The topological polar surface area (TPSA) is 84.0 Å². The average Bonchev–Trinajstić information content (AvgIpc) is 2.37. The Labute approximate surface area is 119 Å². The van der Waals surface area contributed by atoms with Crippen molar-refractivity contribution in [1.82, 2.24) is 9.55 Å². The third-order valence-electron chi connectivity index (χ3n) is 2.67. The first-order chi connectivity index (χ1) is 9.45. The molecule has 2 N–H and O–H groups in total. The molecular formula is C13H12ClN3O3. The molecule has 0 spiro atoms. The molecule has 1 aromatic carbocycles. The molecular weight excluding hydrogens is 282 g/mol. The molecule has 0 atom stereocenters. The number of benzene rings is 1. The molecule has 104 valence electrons. The van der Waals surface area contributed by atoms with Crippen LogP contribution in [0.3, 0.4) is 0 Å². The molecule has 20 heavy (non-hydrogen) atoms. The number of hydrogen-bond acceptors (Lipinski definition) is 3. The Morgan fingerprint density at radius 2 is 2.10 bits per heavy atom. The van der Waals surface area contributed by atoms with Gasteiger partial charge in [-0.05, 0) is 24.6 Å². The quantitative estimate of drug-likeness (QED) is 0.890. The van der Waals surface area contributed by atoms with E-state index in [-0.39, 0.29) is 12.5 Å². The van der Waals surface area contributed by atoms with Crippen LogP contribution in [0.4, 0.5) is 5.69 Å². The fourth-order valence-electron chi connectivity index (χ4n) is 1.59. The Morgan fingerprint density at radius 1 is 1.35 bits per heavy atom. The van der Waals surface area contributed by atoms with Crippen molar-refractivity contribution in [3.63, 3.8) is 0 Å². The molecule has 0 aliphatic carbocycles. The summed E-state index contributed by atoms with van der Waals surface area (Å²) in [6, 6.07) is 6.31. The number of hydrogen-bond donors (Lipinski definition) is 2. The van der Waals surface area contributed by atoms with Crippen molar-refractivity contribution in [2.45, 2.75) is 13.5 Å². The molecule has 0 aliphatic rings. The maximum absolute atomic E-state index is 11.8. The van der Waals surface area contributed by atoms with Crippen LogP contribution in [0.25, 0.3) is 0 Å². The third kappa shape index (κ3) is 3.36. The van der Waals surface area contributed by atoms with Crippen LogP contribution in [0.15, 0.2) is 40.1 Å². The van der Waals surface area contributed by atoms with Crippen LogP contribution in [-0.2, 0) is 11.3 Å². The number of anilines is 1. The minimum absolute atomic E-state index is 0.193. The predicted octanol–water partition coefficient (Wildman–Crippen LogP) is 1.14. The molecule has 7 heteroatoms. The molecule has 0 aliphatic heterocycles. The fourth-order valence-corrected chi connectivity index (χ4v) is 1.78. The van der Waals surface area contributed by atoms with Gasteiger partial charge in [-0.15, -0.1) is 0 Å². The van der Waals surface area contributed by atoms with Gasteiger partial charge in [0.1, 0.15) is 6.54 Å². The Kier molecular flexibility index (Phi) is 4.05. The highest BCUT2D eigenvalue weighted by Crippen LogP contribution is 2.19. The highest BCUT2D eigenvalue weighted by Gasteiger charge is 2.06. The van der Waals surface area contributed by atoms with E-state index in [2.05, 4.69) is 10.3 Å². The minimum Gasteiger partial charge on any atom is -0.324 e. The standard InChI is InChI=1S/C13H12ClN3O3/c1-8-2-3-9(6-10(8)14)15-12(19)7-17-5-4-11(18)16-13(17)20/h2-6H,7H2,1H3,(H,15,19)(H,16,18,20). The zero-order valence-corrected chi connectivity index (χ0v) is 11.4. The summed E-state index contributed by atoms with van der Waals surface area (Å²) in [5.41, 5.74) is 0.316. The Hall–Kier alpha value is -2.34. The number of amides is 1. The summed E-state index contributed by atoms with van der Waals surface area (Å²) in [4.78, 5) is 36.2. The lowest BCUT2D eigenvalue weighted by Gasteiger charge is -2.08. The van der Waals surface area contributed by atoms with Gasteiger partial charge >= 0.3 is 5.69 Å². The largest absolute Gasteiger partial charge is 0.328 e. The second kappa shape index (κ2) is 5.75. The third-order valence-corrected chi connectivity index (χ3v) is 3.07. The predicted molar refractivity (Wildman–Crippen MR) is 76.1 cm³/mol. The molecule has 0 saturated carbocycles. The minimum atomic E-state index is -0.630. The van der Waals surface area contributed by atoms with Gasteiger partial charge in [-0.25, -0.2) is 4.79 Å². The SMILES string of the molecule is Cc1ccc(NC(=O)Cn2ccc(=O)[nH]c2=O)cc1Cl. The van der Waals surface area contributed by atoms with E-state index in [1.54, 1.807) is 18.2 Å². The molecule has 0 unspecified atom stereocenters. The molecule has 1 aromatic heterocycles. The van der Waals surface area contributed by atoms with Crippen molar-refractivity contribution in [2.75, 3.05) is 5.32 Å². The Bertz CT molecular complexity index is 764. The maximum atomic E-state index is 11.8. The molecule has 6 nitrogen and oxygen atoms in total. The zero-order valence-electron chi connectivity index (χ0n) is 10.6. The van der Waals surface area contributed by atoms with E-state index < -0.39 is 11.2 Å². The first-order valence-electron chi connectivity index (χ1n) is 5.81. The van der Waals surface area contributed by atoms with Crippen molar-refractivity contribution < 1.29 is 4.79 Å². The molecule has 0 saturated heterocycles. The number of aromatic nitrogens is 2. The van der Waals surface area contributed by atoms with Crippen LogP contribution in [0, 0.1) is 6.92 Å². The zero-order chi connectivity index (χ0) is 14.7. The first-order valence-corrected chi connectivity index (χ1v) is 6.19. The number of nitrogens with one attached hydrogen (secondary N) is 2. The number of aryl methyl sites for hydroxylation is 1. The molecule has 0 bridgehead atoms. The van der Waals surface area contributed by atoms with Gasteiger partial charge in [-0.1, -0.05) is 17.7 Å². The van der Waals surface area contributed by atoms with Gasteiger partial charge in [0.05, 0.1) is 0 Å². The van der Waals surface area contributed by atoms with E-state index in [9.17, 15) is 14.4 Å². The number of carbonyl (C=O) groups is 1. The highest BCUT2D eigenvalue weighted by atomic mass is 35.5. The monoisotopic (exact) mass is 293 g/mol. The summed E-state index contributed by atoms with van der Waals surface area (Å²) in [6.07, 6.45) is 1.27. The average molecular weight is 294 g/mol. The number of nitrogens with zero attached hydrogens (tertiary/aromatic N) is 1. The fraction of sp³-hybridized carbons (Fsp3) is 0.154. The van der Waals surface area contributed by atoms with E-state index in [1.807, 2.05) is 6.92 Å². The molecule has 1 heterocycles. The second-order valence-corrected chi connectivity index (χ2v) is 4.66. The van der Waals surface area contributed by atoms with Gasteiger partial charge in [0.15, 0.2) is 0 Å². The summed E-state index contributed by atoms with van der Waals surface area (Å²) >= 11 is 5.95. The molecule has 0 fully saturated rings. The van der Waals surface area contributed by atoms with Crippen LogP contribution in [0.1, 0.15) is 5.56 Å². The second-order valence-electron chi connectivity index (χ2n) is 4.25. The summed E-state index contributed by atoms with van der Waals surface area (Å²) < 4.78 is 1.10. The normalized spacial score (nSPS) is 10.3. The number of carbonyl (C=O) groups excluding carboxylic acids is 1. The van der Waals surface area contributed by atoms with E-state index in [4.69, 9.17) is 11.6 Å². The van der Waals surface area contributed by atoms with Gasteiger partial charge in [0, 0.05) is 23.0 Å². The number of aromatic amines is 1. The lowest BCUT2D eigenvalue weighted by molar-refractivity contribution is -0.116. The van der Waals surface area contributed by atoms with Crippen LogP contribution < -0.4 is 16.6 Å². The molecule has 0 radical (unpaired) electrons. The summed E-state index contributed by atoms with van der Waals surface area (Å²) in [5.74, 6) is -0.390. The molecule has 2 rings (SSSR count). The van der Waals surface area contributed by atoms with Crippen molar-refractivity contribution in [2.24, 2.45) is 0 Å². The Morgan fingerprint density at radius 3 is 2.75 bits per heavy atom. The van der Waals surface area contributed by atoms with Crippen molar-refractivity contribution >= 4 is 23.2 Å². The first kappa shape index (κ1) is 14.1. The van der Waals surface area contributed by atoms with Crippen molar-refractivity contribution in [3.8, 4) is 0 Å². The summed E-state index contributed by atoms with van der Waals surface area (Å²) in [7, 11) is 0. The Balaban J connectivity index is 2.10. The van der Waals surface area contributed by atoms with E-state index in [0.29, 0.717) is 10.7 Å². The lowest BCUT2D eigenvalue weighted by Crippen LogP contribution is -2.32. The van der Waals surface area contributed by atoms with E-state index in [0.717, 1.165) is 10.1 Å². The lowest BCUT2D eigenvalue weighted by atomic mass is 10.2. The van der Waals surface area contributed by atoms with Gasteiger partial charge in [0.2, 0.25) is 5.91 Å². The van der Waals surface area contributed by atoms with Gasteiger partial charge in [-0.2, -0.15) is 0 Å². The molecule has 2 aromatic rings. The molecule has 1 amide bonds. The summed E-state index contributed by atoms with van der Waals surface area (Å²) in [6.45, 7) is 1.66. The van der Waals surface area contributed by atoms with Gasteiger partial charge < -0.3 is 5.32 Å². The maximum Gasteiger partial charge on any atom is 0.328 e. The highest BCUT2D eigenvalue weighted by molar-refractivity contribution is 6.31. The summed E-state index contributed by atoms with van der Waals surface area (Å²) in [5, 5.41) is 3.17. The van der Waals surface area contributed by atoms with Crippen molar-refractivity contribution in [3.05, 3.63) is 61.9 Å². The van der Waals surface area contributed by atoms with Crippen LogP contribution in [0.2, 0.25) is 5.02 Å². The number of halogens is 1. The van der Waals surface area contributed by atoms with E-state index in [1.165, 1.54) is 12.3 Å². The number of rotatable bonds is 3. The van der Waals surface area contributed by atoms with Crippen molar-refractivity contribution in [1.29, 1.82) is 0 Å². The van der Waals surface area contributed by atoms with Gasteiger partial charge in [-0.3, -0.25) is 19.1 Å². The smallest absolute Gasteiger partial charge is 0.324 e. The van der Waals surface area contributed by atoms with Crippen LogP contribution in [-0.4, -0.2) is 15.5 Å². The number of H-pyrrole nitrogens is 1. The van der Waals surface area contributed by atoms with Crippen LogP contribution in [0.5, 0.6) is 0 Å². The van der Waals surface area contributed by atoms with Crippen LogP contribution >= 0.6 is 11.6 Å².